The Kier molecular flexibility index (Phi) is 6.50. The van der Waals surface area contributed by atoms with E-state index in [9.17, 15) is 9.59 Å². The lowest BCUT2D eigenvalue weighted by atomic mass is 10.2. The average molecular weight is 499 g/mol. The summed E-state index contributed by atoms with van der Waals surface area (Å²) >= 11 is 0. The molecular formula is C26H26N8O3. The van der Waals surface area contributed by atoms with Crippen LogP contribution >= 0.6 is 0 Å². The summed E-state index contributed by atoms with van der Waals surface area (Å²) in [6.45, 7) is 0.204. The number of nitrogens with one attached hydrogen (secondary N) is 4. The smallest absolute Gasteiger partial charge is 0.277 e. The summed E-state index contributed by atoms with van der Waals surface area (Å²) in [6.07, 6.45) is 5.91. The molecule has 4 heterocycles. The SMILES string of the molecule is Cn1c(CNC(=O)C2CCc3ncc(NCC(=N)OC(=N)c4ccccc4)c(=O)n32)cc2cnccc21. The number of pyridine rings is 1. The lowest BCUT2D eigenvalue weighted by Crippen LogP contribution is -2.37. The maximum atomic E-state index is 13.2. The van der Waals surface area contributed by atoms with E-state index in [4.69, 9.17) is 15.6 Å². The van der Waals surface area contributed by atoms with Gasteiger partial charge >= 0.3 is 0 Å². The fourth-order valence-electron chi connectivity index (χ4n) is 4.47. The molecule has 3 aromatic heterocycles. The van der Waals surface area contributed by atoms with E-state index in [1.807, 2.05) is 29.8 Å². The summed E-state index contributed by atoms with van der Waals surface area (Å²) in [6, 6.07) is 12.0. The molecule has 1 aromatic carbocycles. The fourth-order valence-corrected chi connectivity index (χ4v) is 4.47. The molecule has 1 atom stereocenters. The van der Waals surface area contributed by atoms with Crippen LogP contribution in [0.2, 0.25) is 0 Å². The van der Waals surface area contributed by atoms with Gasteiger partial charge in [-0.1, -0.05) is 18.2 Å². The molecule has 0 bridgehead atoms. The Morgan fingerprint density at radius 3 is 2.78 bits per heavy atom. The maximum absolute atomic E-state index is 13.2. The first kappa shape index (κ1) is 23.9. The second kappa shape index (κ2) is 10.1. The van der Waals surface area contributed by atoms with Crippen LogP contribution < -0.4 is 16.2 Å². The first-order chi connectivity index (χ1) is 17.9. The third-order valence-corrected chi connectivity index (χ3v) is 6.41. The quantitative estimate of drug-likeness (QED) is 0.227. The predicted octanol–water partition coefficient (Wildman–Crippen LogP) is 2.37. The van der Waals surface area contributed by atoms with Crippen LogP contribution in [0.4, 0.5) is 5.69 Å². The number of benzene rings is 1. The Bertz CT molecular complexity index is 1560. The number of carbonyl (C=O) groups is 1. The number of rotatable bonds is 7. The summed E-state index contributed by atoms with van der Waals surface area (Å²) < 4.78 is 8.68. The van der Waals surface area contributed by atoms with E-state index in [1.54, 1.807) is 36.7 Å². The van der Waals surface area contributed by atoms with E-state index in [1.165, 1.54) is 10.8 Å². The predicted molar refractivity (Wildman–Crippen MR) is 139 cm³/mol. The fraction of sp³-hybridized carbons (Fsp3) is 0.231. The zero-order valence-corrected chi connectivity index (χ0v) is 20.2. The zero-order valence-electron chi connectivity index (χ0n) is 20.2. The van der Waals surface area contributed by atoms with E-state index in [-0.39, 0.29) is 35.5 Å². The minimum Gasteiger partial charge on any atom is -0.423 e. The van der Waals surface area contributed by atoms with Gasteiger partial charge in [-0.3, -0.25) is 30.0 Å². The molecule has 1 aliphatic rings. The van der Waals surface area contributed by atoms with Crippen molar-refractivity contribution in [1.82, 2.24) is 24.4 Å². The number of carbonyl (C=O) groups excluding carboxylic acids is 1. The van der Waals surface area contributed by atoms with Crippen molar-refractivity contribution in [3.8, 4) is 0 Å². The summed E-state index contributed by atoms with van der Waals surface area (Å²) in [7, 11) is 1.93. The molecule has 11 heteroatoms. The van der Waals surface area contributed by atoms with Crippen molar-refractivity contribution in [3.63, 3.8) is 0 Å². The van der Waals surface area contributed by atoms with Crippen molar-refractivity contribution in [2.45, 2.75) is 25.4 Å². The number of nitrogens with zero attached hydrogens (tertiary/aromatic N) is 4. The summed E-state index contributed by atoms with van der Waals surface area (Å²) in [5.74, 6) is -0.0901. The van der Waals surface area contributed by atoms with Crippen molar-refractivity contribution in [3.05, 3.63) is 88.5 Å². The van der Waals surface area contributed by atoms with Crippen LogP contribution in [0.25, 0.3) is 10.9 Å². The standard InChI is InChI=1S/C26H26N8O3/c1-33-18(11-17-12-29-10-9-20(17)33)13-32-25(35)21-7-8-23-31-14-19(26(36)34(21)23)30-15-22(27)37-24(28)16-5-3-2-4-6-16/h2-6,9-12,14,21,27-28,30H,7-8,13,15H2,1H3,(H,32,35). The van der Waals surface area contributed by atoms with Crippen LogP contribution in [0.3, 0.4) is 0 Å². The van der Waals surface area contributed by atoms with E-state index >= 15 is 0 Å². The third kappa shape index (κ3) is 4.83. The number of hydrogen-bond acceptors (Lipinski definition) is 8. The maximum Gasteiger partial charge on any atom is 0.277 e. The van der Waals surface area contributed by atoms with Crippen LogP contribution in [-0.2, 0) is 29.5 Å². The molecule has 188 valence electrons. The molecule has 1 unspecified atom stereocenters. The highest BCUT2D eigenvalue weighted by Gasteiger charge is 2.31. The molecule has 0 spiro atoms. The molecule has 1 amide bonds. The molecule has 11 nitrogen and oxygen atoms in total. The van der Waals surface area contributed by atoms with E-state index in [0.717, 1.165) is 16.6 Å². The number of amides is 1. The highest BCUT2D eigenvalue weighted by Crippen LogP contribution is 2.24. The molecule has 5 rings (SSSR count). The first-order valence-electron chi connectivity index (χ1n) is 11.8. The van der Waals surface area contributed by atoms with Gasteiger partial charge in [-0.25, -0.2) is 4.98 Å². The second-order valence-electron chi connectivity index (χ2n) is 8.74. The monoisotopic (exact) mass is 498 g/mol. The number of aryl methyl sites for hydroxylation is 2. The molecule has 1 aliphatic heterocycles. The highest BCUT2D eigenvalue weighted by atomic mass is 16.5. The molecule has 37 heavy (non-hydrogen) atoms. The van der Waals surface area contributed by atoms with Gasteiger partial charge in [0.15, 0.2) is 0 Å². The number of aromatic nitrogens is 4. The summed E-state index contributed by atoms with van der Waals surface area (Å²) in [4.78, 5) is 34.8. The van der Waals surface area contributed by atoms with Gasteiger partial charge in [0.2, 0.25) is 17.7 Å². The van der Waals surface area contributed by atoms with Gasteiger partial charge in [0, 0.05) is 42.5 Å². The lowest BCUT2D eigenvalue weighted by Gasteiger charge is -2.16. The molecular weight excluding hydrogens is 472 g/mol. The van der Waals surface area contributed by atoms with Gasteiger partial charge in [0.1, 0.15) is 17.6 Å². The summed E-state index contributed by atoms with van der Waals surface area (Å²) in [5.41, 5.74) is 2.26. The van der Waals surface area contributed by atoms with Gasteiger partial charge in [-0.2, -0.15) is 0 Å². The van der Waals surface area contributed by atoms with Crippen LogP contribution in [0.5, 0.6) is 0 Å². The van der Waals surface area contributed by atoms with Gasteiger partial charge in [0.25, 0.3) is 5.56 Å². The number of hydrogen-bond donors (Lipinski definition) is 4. The number of fused-ring (bicyclic) bond motifs is 2. The second-order valence-corrected chi connectivity index (χ2v) is 8.74. The highest BCUT2D eigenvalue weighted by molar-refractivity contribution is 6.00. The van der Waals surface area contributed by atoms with Crippen molar-refractivity contribution >= 4 is 34.3 Å². The van der Waals surface area contributed by atoms with Crippen LogP contribution in [0.1, 0.15) is 29.5 Å². The van der Waals surface area contributed by atoms with Crippen molar-refractivity contribution in [2.24, 2.45) is 7.05 Å². The van der Waals surface area contributed by atoms with Gasteiger partial charge in [0.05, 0.1) is 24.8 Å². The van der Waals surface area contributed by atoms with Crippen molar-refractivity contribution in [1.29, 1.82) is 10.8 Å². The van der Waals surface area contributed by atoms with E-state index in [2.05, 4.69) is 20.6 Å². The van der Waals surface area contributed by atoms with Crippen LogP contribution in [0.15, 0.2) is 65.8 Å². The van der Waals surface area contributed by atoms with Crippen LogP contribution in [-0.4, -0.2) is 43.3 Å². The Morgan fingerprint density at radius 1 is 1.19 bits per heavy atom. The topological polar surface area (TPSA) is 151 Å². The lowest BCUT2D eigenvalue weighted by molar-refractivity contribution is -0.124. The Morgan fingerprint density at radius 2 is 2.00 bits per heavy atom. The average Bonchev–Trinajstić information content (AvgIpc) is 3.49. The van der Waals surface area contributed by atoms with E-state index in [0.29, 0.717) is 30.8 Å². The molecule has 4 aromatic rings. The normalized spacial score (nSPS) is 14.2. The van der Waals surface area contributed by atoms with Crippen molar-refractivity contribution < 1.29 is 9.53 Å². The van der Waals surface area contributed by atoms with Gasteiger partial charge in [-0.05, 0) is 30.7 Å². The molecule has 0 saturated heterocycles. The largest absolute Gasteiger partial charge is 0.423 e. The summed E-state index contributed by atoms with van der Waals surface area (Å²) in [5, 5.41) is 22.8. The third-order valence-electron chi connectivity index (χ3n) is 6.41. The number of ether oxygens (including phenoxy) is 1. The Balaban J connectivity index is 1.24. The molecule has 0 saturated carbocycles. The first-order valence-corrected chi connectivity index (χ1v) is 11.8. The molecule has 0 fully saturated rings. The van der Waals surface area contributed by atoms with Crippen molar-refractivity contribution in [2.75, 3.05) is 11.9 Å². The minimum absolute atomic E-state index is 0.113. The molecule has 4 N–H and O–H groups in total. The van der Waals surface area contributed by atoms with Gasteiger partial charge < -0.3 is 19.9 Å². The Hall–Kier alpha value is -4.80. The zero-order chi connectivity index (χ0) is 25.9. The van der Waals surface area contributed by atoms with E-state index < -0.39 is 6.04 Å². The van der Waals surface area contributed by atoms with Gasteiger partial charge in [-0.15, -0.1) is 0 Å². The number of anilines is 1. The molecule has 0 aliphatic carbocycles. The minimum atomic E-state index is -0.671. The molecule has 0 radical (unpaired) electrons. The van der Waals surface area contributed by atoms with Crippen LogP contribution in [0, 0.1) is 10.8 Å². The Labute approximate surface area is 212 Å².